The molecule has 0 fully saturated rings. The molecule has 0 aliphatic carbocycles. The zero-order valence-electron chi connectivity index (χ0n) is 14.8. The van der Waals surface area contributed by atoms with Crippen LogP contribution in [-0.4, -0.2) is 41.6 Å². The molecule has 1 aliphatic heterocycles. The topological polar surface area (TPSA) is 131 Å². The highest BCUT2D eigenvalue weighted by molar-refractivity contribution is 6.46. The standard InChI is InChI=1S/C17H25BN2O6/c1-2-3-9-25-17(23)12-6-4-5-11-10-13(18(24)26-16(11)12)20-15(22)8-7-14(19)21/h4-6,13,17,23-24H,2-3,7-10H2,1H3,(H2,19,21)(H,20,22)/t13-,17?/m0/s1. The molecule has 0 spiro atoms. The number of hydrogen-bond acceptors (Lipinski definition) is 6. The third-order valence-corrected chi connectivity index (χ3v) is 4.13. The molecular weight excluding hydrogens is 339 g/mol. The fraction of sp³-hybridized carbons (Fsp3) is 0.529. The Labute approximate surface area is 152 Å². The molecule has 1 aromatic rings. The van der Waals surface area contributed by atoms with E-state index in [4.69, 9.17) is 15.1 Å². The van der Waals surface area contributed by atoms with Crippen LogP contribution in [0.1, 0.15) is 50.0 Å². The summed E-state index contributed by atoms with van der Waals surface area (Å²) < 4.78 is 10.9. The van der Waals surface area contributed by atoms with E-state index in [0.29, 0.717) is 24.3 Å². The largest absolute Gasteiger partial charge is 0.547 e. The number of aliphatic hydroxyl groups excluding tert-OH is 1. The quantitative estimate of drug-likeness (QED) is 0.281. The highest BCUT2D eigenvalue weighted by Crippen LogP contribution is 2.34. The van der Waals surface area contributed by atoms with Crippen LogP contribution in [0, 0.1) is 0 Å². The Morgan fingerprint density at radius 1 is 1.46 bits per heavy atom. The lowest BCUT2D eigenvalue weighted by Gasteiger charge is -2.30. The molecule has 2 rings (SSSR count). The van der Waals surface area contributed by atoms with Crippen molar-refractivity contribution in [1.82, 2.24) is 5.32 Å². The molecule has 0 radical (unpaired) electrons. The molecule has 5 N–H and O–H groups in total. The summed E-state index contributed by atoms with van der Waals surface area (Å²) in [5, 5.41) is 23.1. The smallest absolute Gasteiger partial charge is 0.534 e. The van der Waals surface area contributed by atoms with Crippen LogP contribution in [0.5, 0.6) is 5.75 Å². The Balaban J connectivity index is 2.04. The summed E-state index contributed by atoms with van der Waals surface area (Å²) in [5.41, 5.74) is 6.21. The fourth-order valence-corrected chi connectivity index (χ4v) is 2.71. The molecular formula is C17H25BN2O6. The monoisotopic (exact) mass is 364 g/mol. The highest BCUT2D eigenvalue weighted by atomic mass is 16.6. The van der Waals surface area contributed by atoms with Gasteiger partial charge in [-0.15, -0.1) is 0 Å². The predicted octanol–water partition coefficient (Wildman–Crippen LogP) is 0.199. The third-order valence-electron chi connectivity index (χ3n) is 4.13. The first-order valence-corrected chi connectivity index (χ1v) is 8.76. The minimum atomic E-state index is -1.27. The number of primary amides is 1. The lowest BCUT2D eigenvalue weighted by Crippen LogP contribution is -2.53. The maximum atomic E-state index is 11.8. The first kappa shape index (κ1) is 20.2. The minimum Gasteiger partial charge on any atom is -0.534 e. The molecule has 2 atom stereocenters. The summed E-state index contributed by atoms with van der Waals surface area (Å²) in [6.45, 7) is 2.44. The fourth-order valence-electron chi connectivity index (χ4n) is 2.71. The number of aliphatic hydroxyl groups is 1. The van der Waals surface area contributed by atoms with Crippen LogP contribution in [0.15, 0.2) is 18.2 Å². The first-order valence-electron chi connectivity index (χ1n) is 8.76. The van der Waals surface area contributed by atoms with Gasteiger partial charge in [0.15, 0.2) is 6.29 Å². The molecule has 0 saturated heterocycles. The Morgan fingerprint density at radius 3 is 2.92 bits per heavy atom. The van der Waals surface area contributed by atoms with E-state index in [1.807, 2.05) is 6.92 Å². The van der Waals surface area contributed by atoms with Crippen LogP contribution in [0.2, 0.25) is 0 Å². The molecule has 0 bridgehead atoms. The number of hydrogen-bond donors (Lipinski definition) is 4. The first-order chi connectivity index (χ1) is 12.4. The molecule has 26 heavy (non-hydrogen) atoms. The number of ether oxygens (including phenoxy) is 1. The van der Waals surface area contributed by atoms with E-state index in [9.17, 15) is 19.7 Å². The Kier molecular flexibility index (Phi) is 7.44. The van der Waals surface area contributed by atoms with Crippen LogP contribution in [-0.2, 0) is 20.7 Å². The maximum absolute atomic E-state index is 11.8. The van der Waals surface area contributed by atoms with Crippen LogP contribution >= 0.6 is 0 Å². The second-order valence-corrected chi connectivity index (χ2v) is 6.27. The Hall–Kier alpha value is -2.10. The Bertz CT molecular complexity index is 642. The molecule has 2 amide bonds. The van der Waals surface area contributed by atoms with E-state index in [1.165, 1.54) is 0 Å². The van der Waals surface area contributed by atoms with Gasteiger partial charge in [0.25, 0.3) is 0 Å². The summed E-state index contributed by atoms with van der Waals surface area (Å²) in [6, 6.07) is 5.23. The van der Waals surface area contributed by atoms with Crippen molar-refractivity contribution in [1.29, 1.82) is 0 Å². The van der Waals surface area contributed by atoms with Crippen LogP contribution < -0.4 is 15.7 Å². The van der Waals surface area contributed by atoms with Gasteiger partial charge in [0.05, 0.1) is 12.5 Å². The van der Waals surface area contributed by atoms with Crippen molar-refractivity contribution in [3.63, 3.8) is 0 Å². The summed E-state index contributed by atoms with van der Waals surface area (Å²) in [6.07, 6.45) is 0.854. The zero-order valence-corrected chi connectivity index (χ0v) is 14.8. The van der Waals surface area contributed by atoms with Crippen LogP contribution in [0.3, 0.4) is 0 Å². The SMILES string of the molecule is CCCCOC(O)c1cccc2c1OB(O)[C@@H](NC(=O)CCC(N)=O)C2. The van der Waals surface area contributed by atoms with E-state index in [0.717, 1.165) is 18.4 Å². The van der Waals surface area contributed by atoms with Gasteiger partial charge in [-0.05, 0) is 18.4 Å². The van der Waals surface area contributed by atoms with Gasteiger partial charge in [0.1, 0.15) is 5.75 Å². The second-order valence-electron chi connectivity index (χ2n) is 6.27. The number of amides is 2. The summed E-state index contributed by atoms with van der Waals surface area (Å²) in [7, 11) is -1.27. The maximum Gasteiger partial charge on any atom is 0.547 e. The van der Waals surface area contributed by atoms with Gasteiger partial charge in [-0.3, -0.25) is 9.59 Å². The number of carbonyl (C=O) groups is 2. The van der Waals surface area contributed by atoms with E-state index in [2.05, 4.69) is 5.32 Å². The van der Waals surface area contributed by atoms with Crippen molar-refractivity contribution in [3.05, 3.63) is 29.3 Å². The average molecular weight is 364 g/mol. The molecule has 1 unspecified atom stereocenters. The number of nitrogens with one attached hydrogen (secondary N) is 1. The van der Waals surface area contributed by atoms with Crippen LogP contribution in [0.25, 0.3) is 0 Å². The molecule has 1 aliphatic rings. The molecule has 0 aromatic heterocycles. The van der Waals surface area contributed by atoms with Gasteiger partial charge >= 0.3 is 7.12 Å². The highest BCUT2D eigenvalue weighted by Gasteiger charge is 2.37. The van der Waals surface area contributed by atoms with Crippen LogP contribution in [0.4, 0.5) is 0 Å². The van der Waals surface area contributed by atoms with Gasteiger partial charge in [-0.25, -0.2) is 0 Å². The third kappa shape index (κ3) is 5.45. The predicted molar refractivity (Wildman–Crippen MR) is 94.9 cm³/mol. The van der Waals surface area contributed by atoms with E-state index in [1.54, 1.807) is 18.2 Å². The molecule has 0 saturated carbocycles. The second kappa shape index (κ2) is 9.56. The lowest BCUT2D eigenvalue weighted by atomic mass is 9.72. The number of rotatable bonds is 9. The molecule has 142 valence electrons. The van der Waals surface area contributed by atoms with Gasteiger partial charge in [-0.1, -0.05) is 31.5 Å². The number of fused-ring (bicyclic) bond motifs is 1. The molecule has 8 nitrogen and oxygen atoms in total. The molecule has 9 heteroatoms. The number of nitrogens with two attached hydrogens (primary N) is 1. The zero-order chi connectivity index (χ0) is 19.1. The summed E-state index contributed by atoms with van der Waals surface area (Å²) in [4.78, 5) is 22.6. The van der Waals surface area contributed by atoms with E-state index >= 15 is 0 Å². The van der Waals surface area contributed by atoms with Crippen molar-refractivity contribution >= 4 is 18.9 Å². The van der Waals surface area contributed by atoms with Gasteiger partial charge in [-0.2, -0.15) is 0 Å². The normalized spacial score (nSPS) is 17.2. The van der Waals surface area contributed by atoms with Crippen molar-refractivity contribution in [2.45, 2.75) is 51.3 Å². The number of carbonyl (C=O) groups excluding carboxylic acids is 2. The summed E-state index contributed by atoms with van der Waals surface area (Å²) >= 11 is 0. The number of para-hydroxylation sites is 1. The van der Waals surface area contributed by atoms with Crippen molar-refractivity contribution in [3.8, 4) is 5.75 Å². The molecule has 1 aromatic carbocycles. The lowest BCUT2D eigenvalue weighted by molar-refractivity contribution is -0.125. The van der Waals surface area contributed by atoms with Gasteiger partial charge in [0.2, 0.25) is 11.8 Å². The Morgan fingerprint density at radius 2 is 2.23 bits per heavy atom. The van der Waals surface area contributed by atoms with Crippen molar-refractivity contribution in [2.75, 3.05) is 6.61 Å². The average Bonchev–Trinajstić information content (AvgIpc) is 2.60. The van der Waals surface area contributed by atoms with Crippen molar-refractivity contribution < 1.29 is 29.1 Å². The number of unbranched alkanes of at least 4 members (excludes halogenated alkanes) is 1. The van der Waals surface area contributed by atoms with E-state index < -0.39 is 25.3 Å². The summed E-state index contributed by atoms with van der Waals surface area (Å²) in [5.74, 6) is -1.24. The number of benzene rings is 1. The minimum absolute atomic E-state index is 0.0462. The van der Waals surface area contributed by atoms with E-state index in [-0.39, 0.29) is 18.7 Å². The van der Waals surface area contributed by atoms with Gasteiger partial charge < -0.3 is 30.6 Å². The van der Waals surface area contributed by atoms with Gasteiger partial charge in [0, 0.05) is 18.4 Å². The molecule has 1 heterocycles. The van der Waals surface area contributed by atoms with Crippen molar-refractivity contribution in [2.24, 2.45) is 5.73 Å².